The summed E-state index contributed by atoms with van der Waals surface area (Å²) in [6.45, 7) is 4.84. The Balaban J connectivity index is 4.32. The molecule has 0 bridgehead atoms. The van der Waals surface area contributed by atoms with Crippen LogP contribution in [0.1, 0.15) is 206 Å². The van der Waals surface area contributed by atoms with Crippen molar-refractivity contribution in [3.05, 3.63) is 12.2 Å². The number of aliphatic carboxylic acids is 1. The first-order chi connectivity index (χ1) is 26.6. The molecule has 2 atom stereocenters. The van der Waals surface area contributed by atoms with E-state index in [0.29, 0.717) is 23.9 Å². The van der Waals surface area contributed by atoms with Crippen molar-refractivity contribution in [3.8, 4) is 0 Å². The Morgan fingerprint density at radius 1 is 0.527 bits per heavy atom. The van der Waals surface area contributed by atoms with Gasteiger partial charge in [0.15, 0.2) is 6.10 Å². The molecule has 0 radical (unpaired) electrons. The standard InChI is InChI=1S/C46H87NO8/c1-6-8-10-12-14-16-18-19-20-21-22-23-24-25-27-28-30-32-34-36-43(48)53-40-42(41-54-46(45(50)51)52-39-38-47(3,4)5)55-44(49)37-35-33-31-29-26-17-15-13-11-9-7-2/h13,15,42,46H,6-12,14,16-41H2,1-5H3/p+1/b15-13-. The fraction of sp³-hybridized carbons (Fsp3) is 0.891. The van der Waals surface area contributed by atoms with E-state index in [0.717, 1.165) is 57.8 Å². The number of rotatable bonds is 42. The molecular weight excluding hydrogens is 695 g/mol. The number of carboxylic acid groups (broad SMARTS) is 1. The summed E-state index contributed by atoms with van der Waals surface area (Å²) in [5.74, 6) is -2.01. The van der Waals surface area contributed by atoms with Crippen LogP contribution in [-0.4, -0.2) is 87.4 Å². The topological polar surface area (TPSA) is 108 Å². The van der Waals surface area contributed by atoms with Crippen molar-refractivity contribution < 1.29 is 42.9 Å². The summed E-state index contributed by atoms with van der Waals surface area (Å²) in [6.07, 6.45) is 37.0. The number of nitrogens with zero attached hydrogens (tertiary/aromatic N) is 1. The summed E-state index contributed by atoms with van der Waals surface area (Å²) in [5.41, 5.74) is 0. The molecule has 0 amide bonds. The van der Waals surface area contributed by atoms with Crippen LogP contribution < -0.4 is 0 Å². The Bertz CT molecular complexity index is 918. The maximum atomic E-state index is 12.7. The lowest BCUT2D eigenvalue weighted by Gasteiger charge is -2.25. The number of hydrogen-bond acceptors (Lipinski definition) is 7. The van der Waals surface area contributed by atoms with Gasteiger partial charge in [-0.3, -0.25) is 9.59 Å². The highest BCUT2D eigenvalue weighted by Crippen LogP contribution is 2.16. The van der Waals surface area contributed by atoms with Crippen LogP contribution in [0.25, 0.3) is 0 Å². The summed E-state index contributed by atoms with van der Waals surface area (Å²) in [4.78, 5) is 37.0. The maximum absolute atomic E-state index is 12.7. The molecule has 1 N–H and O–H groups in total. The lowest BCUT2D eigenvalue weighted by atomic mass is 10.0. The minimum Gasteiger partial charge on any atom is -0.477 e. The second kappa shape index (κ2) is 38.9. The van der Waals surface area contributed by atoms with Crippen molar-refractivity contribution in [2.45, 2.75) is 219 Å². The van der Waals surface area contributed by atoms with E-state index in [2.05, 4.69) is 26.0 Å². The van der Waals surface area contributed by atoms with Gasteiger partial charge in [0.05, 0.1) is 34.4 Å². The number of carboxylic acids is 1. The molecule has 0 aromatic rings. The summed E-state index contributed by atoms with van der Waals surface area (Å²) >= 11 is 0. The lowest BCUT2D eigenvalue weighted by molar-refractivity contribution is -0.870. The number of ether oxygens (including phenoxy) is 4. The van der Waals surface area contributed by atoms with Crippen LogP contribution in [0.15, 0.2) is 12.2 Å². The average molecular weight is 783 g/mol. The van der Waals surface area contributed by atoms with Gasteiger partial charge in [0.1, 0.15) is 13.2 Å². The number of hydrogen-bond donors (Lipinski definition) is 1. The summed E-state index contributed by atoms with van der Waals surface area (Å²) < 4.78 is 22.7. The smallest absolute Gasteiger partial charge is 0.361 e. The van der Waals surface area contributed by atoms with Gasteiger partial charge in [0, 0.05) is 12.8 Å². The molecule has 0 saturated carbocycles. The van der Waals surface area contributed by atoms with Crippen LogP contribution in [0.3, 0.4) is 0 Å². The molecule has 0 aliphatic carbocycles. The van der Waals surface area contributed by atoms with Gasteiger partial charge in [-0.25, -0.2) is 4.79 Å². The van der Waals surface area contributed by atoms with Crippen molar-refractivity contribution in [1.29, 1.82) is 0 Å². The van der Waals surface area contributed by atoms with Crippen LogP contribution >= 0.6 is 0 Å². The number of esters is 2. The third-order valence-electron chi connectivity index (χ3n) is 10.0. The second-order valence-electron chi connectivity index (χ2n) is 16.7. The molecule has 2 unspecified atom stereocenters. The Kier molecular flexibility index (Phi) is 37.5. The molecular formula is C46H88NO8+. The van der Waals surface area contributed by atoms with E-state index in [4.69, 9.17) is 18.9 Å². The first kappa shape index (κ1) is 53.0. The Labute approximate surface area is 338 Å². The van der Waals surface area contributed by atoms with Crippen molar-refractivity contribution in [3.63, 3.8) is 0 Å². The number of allylic oxidation sites excluding steroid dienone is 2. The minimum absolute atomic E-state index is 0.180. The molecule has 0 aliphatic heterocycles. The summed E-state index contributed by atoms with van der Waals surface area (Å²) in [6, 6.07) is 0. The molecule has 0 fully saturated rings. The van der Waals surface area contributed by atoms with Crippen LogP contribution in [-0.2, 0) is 33.3 Å². The van der Waals surface area contributed by atoms with E-state index >= 15 is 0 Å². The summed E-state index contributed by atoms with van der Waals surface area (Å²) in [7, 11) is 5.95. The highest BCUT2D eigenvalue weighted by atomic mass is 16.7. The maximum Gasteiger partial charge on any atom is 0.361 e. The van der Waals surface area contributed by atoms with Gasteiger partial charge in [0.2, 0.25) is 0 Å². The van der Waals surface area contributed by atoms with Gasteiger partial charge < -0.3 is 28.5 Å². The molecule has 9 heteroatoms. The monoisotopic (exact) mass is 783 g/mol. The number of quaternary nitrogens is 1. The number of likely N-dealkylation sites (N-methyl/N-ethyl adjacent to an activating group) is 1. The zero-order valence-electron chi connectivity index (χ0n) is 36.6. The quantitative estimate of drug-likeness (QED) is 0.0214. The second-order valence-corrected chi connectivity index (χ2v) is 16.7. The lowest BCUT2D eigenvalue weighted by Crippen LogP contribution is -2.40. The van der Waals surface area contributed by atoms with E-state index < -0.39 is 24.3 Å². The number of carbonyl (C=O) groups is 3. The van der Waals surface area contributed by atoms with E-state index in [1.54, 1.807) is 0 Å². The fourth-order valence-corrected chi connectivity index (χ4v) is 6.41. The predicted octanol–water partition coefficient (Wildman–Crippen LogP) is 11.9. The van der Waals surface area contributed by atoms with Gasteiger partial charge in [0.25, 0.3) is 6.29 Å². The first-order valence-electron chi connectivity index (χ1n) is 22.9. The predicted molar refractivity (Wildman–Crippen MR) is 226 cm³/mol. The molecule has 0 aromatic carbocycles. The normalized spacial score (nSPS) is 13.0. The van der Waals surface area contributed by atoms with Crippen molar-refractivity contribution in [2.24, 2.45) is 0 Å². The van der Waals surface area contributed by atoms with E-state index in [-0.39, 0.29) is 32.2 Å². The fourth-order valence-electron chi connectivity index (χ4n) is 6.41. The van der Waals surface area contributed by atoms with Crippen molar-refractivity contribution in [1.82, 2.24) is 0 Å². The summed E-state index contributed by atoms with van der Waals surface area (Å²) in [5, 5.41) is 9.62. The molecule has 0 saturated heterocycles. The molecule has 324 valence electrons. The van der Waals surface area contributed by atoms with Gasteiger partial charge in [-0.05, 0) is 32.1 Å². The van der Waals surface area contributed by atoms with Crippen LogP contribution in [0.4, 0.5) is 0 Å². The average Bonchev–Trinajstić information content (AvgIpc) is 3.14. The zero-order valence-corrected chi connectivity index (χ0v) is 36.6. The molecule has 55 heavy (non-hydrogen) atoms. The highest BCUT2D eigenvalue weighted by molar-refractivity contribution is 5.71. The Morgan fingerprint density at radius 2 is 0.945 bits per heavy atom. The molecule has 0 spiro atoms. The van der Waals surface area contributed by atoms with E-state index in [9.17, 15) is 19.5 Å². The highest BCUT2D eigenvalue weighted by Gasteiger charge is 2.25. The van der Waals surface area contributed by atoms with Gasteiger partial charge in [-0.2, -0.15) is 0 Å². The van der Waals surface area contributed by atoms with Crippen LogP contribution in [0, 0.1) is 0 Å². The van der Waals surface area contributed by atoms with Crippen molar-refractivity contribution in [2.75, 3.05) is 47.5 Å². The molecule has 0 rings (SSSR count). The van der Waals surface area contributed by atoms with Gasteiger partial charge in [-0.1, -0.05) is 174 Å². The van der Waals surface area contributed by atoms with Gasteiger partial charge in [-0.15, -0.1) is 0 Å². The zero-order chi connectivity index (χ0) is 40.7. The Morgan fingerprint density at radius 3 is 1.40 bits per heavy atom. The molecule has 0 aromatic heterocycles. The minimum atomic E-state index is -1.51. The van der Waals surface area contributed by atoms with Gasteiger partial charge >= 0.3 is 17.9 Å². The third-order valence-corrected chi connectivity index (χ3v) is 10.0. The number of carbonyl (C=O) groups excluding carboxylic acids is 2. The Hall–Kier alpha value is -1.97. The largest absolute Gasteiger partial charge is 0.477 e. The van der Waals surface area contributed by atoms with E-state index in [1.807, 2.05) is 21.1 Å². The van der Waals surface area contributed by atoms with Crippen LogP contribution in [0.5, 0.6) is 0 Å². The van der Waals surface area contributed by atoms with Crippen LogP contribution in [0.2, 0.25) is 0 Å². The first-order valence-corrected chi connectivity index (χ1v) is 22.9. The molecule has 0 heterocycles. The third kappa shape index (κ3) is 40.0. The van der Waals surface area contributed by atoms with E-state index in [1.165, 1.54) is 116 Å². The SMILES string of the molecule is CCCC/C=C\CCCCCCCC(=O)OC(COC(=O)CCCCCCCCCCCCCCCCCCCCC)COC(OCC[N+](C)(C)C)C(=O)O. The molecule has 9 nitrogen and oxygen atoms in total. The van der Waals surface area contributed by atoms with Crippen molar-refractivity contribution >= 4 is 17.9 Å². The number of unbranched alkanes of at least 4 members (excludes halogenated alkanes) is 25. The molecule has 0 aliphatic rings.